The summed E-state index contributed by atoms with van der Waals surface area (Å²) in [6, 6.07) is 3.48. The maximum Gasteiger partial charge on any atom is 0.274 e. The van der Waals surface area contributed by atoms with Crippen LogP contribution in [-0.4, -0.2) is 35.6 Å². The standard InChI is InChI=1S/C14H22N4O2/c1-2-3-9-17(11-12-5-4-7-15-12)14-10-13(18(19)20)6-8-16-14/h6,8,10,12,15H,2-5,7,9,11H2,1H3. The summed E-state index contributed by atoms with van der Waals surface area (Å²) in [5.41, 5.74) is 0.107. The first-order chi connectivity index (χ1) is 9.70. The summed E-state index contributed by atoms with van der Waals surface area (Å²) in [5, 5.41) is 14.3. The lowest BCUT2D eigenvalue weighted by Crippen LogP contribution is -2.38. The lowest BCUT2D eigenvalue weighted by molar-refractivity contribution is -0.384. The van der Waals surface area contributed by atoms with E-state index in [0.717, 1.165) is 38.9 Å². The van der Waals surface area contributed by atoms with Gasteiger partial charge in [0.05, 0.1) is 11.0 Å². The molecule has 1 saturated heterocycles. The fraction of sp³-hybridized carbons (Fsp3) is 0.643. The van der Waals surface area contributed by atoms with Gasteiger partial charge in [-0.3, -0.25) is 10.1 Å². The van der Waals surface area contributed by atoms with Gasteiger partial charge in [0.1, 0.15) is 5.82 Å². The summed E-state index contributed by atoms with van der Waals surface area (Å²) < 4.78 is 0. The van der Waals surface area contributed by atoms with Crippen molar-refractivity contribution in [2.24, 2.45) is 0 Å². The normalized spacial score (nSPS) is 18.1. The highest BCUT2D eigenvalue weighted by Gasteiger charge is 2.20. The van der Waals surface area contributed by atoms with Crippen LogP contribution in [0.15, 0.2) is 18.3 Å². The third kappa shape index (κ3) is 3.90. The van der Waals surface area contributed by atoms with E-state index in [2.05, 4.69) is 22.1 Å². The van der Waals surface area contributed by atoms with Gasteiger partial charge in [0.25, 0.3) is 5.69 Å². The molecule has 2 rings (SSSR count). The Morgan fingerprint density at radius 3 is 3.10 bits per heavy atom. The summed E-state index contributed by atoms with van der Waals surface area (Å²) in [7, 11) is 0. The van der Waals surface area contributed by atoms with Crippen molar-refractivity contribution in [2.75, 3.05) is 24.5 Å². The minimum Gasteiger partial charge on any atom is -0.355 e. The molecule has 1 atom stereocenters. The van der Waals surface area contributed by atoms with E-state index in [9.17, 15) is 10.1 Å². The number of nitrogens with one attached hydrogen (secondary N) is 1. The van der Waals surface area contributed by atoms with Gasteiger partial charge < -0.3 is 10.2 Å². The van der Waals surface area contributed by atoms with Crippen molar-refractivity contribution in [1.82, 2.24) is 10.3 Å². The minimum absolute atomic E-state index is 0.107. The number of nitro groups is 1. The number of unbranched alkanes of at least 4 members (excludes halogenated alkanes) is 1. The molecule has 0 amide bonds. The molecule has 1 N–H and O–H groups in total. The number of rotatable bonds is 7. The summed E-state index contributed by atoms with van der Waals surface area (Å²) in [6.07, 6.45) is 6.06. The predicted octanol–water partition coefficient (Wildman–Crippen LogP) is 2.35. The molecule has 2 heterocycles. The van der Waals surface area contributed by atoms with E-state index in [1.165, 1.54) is 18.7 Å². The molecule has 1 aromatic heterocycles. The average molecular weight is 278 g/mol. The molecule has 1 aliphatic heterocycles. The molecule has 0 radical (unpaired) electrons. The van der Waals surface area contributed by atoms with Crippen LogP contribution in [0.3, 0.4) is 0 Å². The molecular formula is C14H22N4O2. The second-order valence-electron chi connectivity index (χ2n) is 5.22. The number of nitrogens with zero attached hydrogens (tertiary/aromatic N) is 3. The van der Waals surface area contributed by atoms with Gasteiger partial charge in [-0.05, 0) is 25.8 Å². The third-order valence-electron chi connectivity index (χ3n) is 3.65. The van der Waals surface area contributed by atoms with Crippen LogP contribution in [0, 0.1) is 10.1 Å². The first-order valence-electron chi connectivity index (χ1n) is 7.29. The summed E-state index contributed by atoms with van der Waals surface area (Å²) in [4.78, 5) is 17.0. The smallest absolute Gasteiger partial charge is 0.274 e. The first-order valence-corrected chi connectivity index (χ1v) is 7.29. The lowest BCUT2D eigenvalue weighted by Gasteiger charge is -2.26. The fourth-order valence-corrected chi connectivity index (χ4v) is 2.52. The van der Waals surface area contributed by atoms with Crippen LogP contribution in [0.2, 0.25) is 0 Å². The number of anilines is 1. The van der Waals surface area contributed by atoms with Gasteiger partial charge in [-0.2, -0.15) is 0 Å². The molecule has 1 aromatic rings. The molecule has 110 valence electrons. The first kappa shape index (κ1) is 14.7. The maximum atomic E-state index is 10.9. The van der Waals surface area contributed by atoms with Crippen LogP contribution >= 0.6 is 0 Å². The van der Waals surface area contributed by atoms with E-state index >= 15 is 0 Å². The summed E-state index contributed by atoms with van der Waals surface area (Å²) >= 11 is 0. The Morgan fingerprint density at radius 1 is 1.60 bits per heavy atom. The maximum absolute atomic E-state index is 10.9. The highest BCUT2D eigenvalue weighted by atomic mass is 16.6. The van der Waals surface area contributed by atoms with Gasteiger partial charge in [-0.25, -0.2) is 4.98 Å². The van der Waals surface area contributed by atoms with Crippen LogP contribution in [-0.2, 0) is 0 Å². The highest BCUT2D eigenvalue weighted by Crippen LogP contribution is 2.20. The zero-order valence-electron chi connectivity index (χ0n) is 11.9. The molecule has 1 unspecified atom stereocenters. The van der Waals surface area contributed by atoms with Gasteiger partial charge >= 0.3 is 0 Å². The van der Waals surface area contributed by atoms with Gasteiger partial charge in [0.2, 0.25) is 0 Å². The van der Waals surface area contributed by atoms with Crippen LogP contribution in [0.25, 0.3) is 0 Å². The van der Waals surface area contributed by atoms with E-state index in [4.69, 9.17) is 0 Å². The molecule has 6 nitrogen and oxygen atoms in total. The predicted molar refractivity (Wildman–Crippen MR) is 79.0 cm³/mol. The van der Waals surface area contributed by atoms with E-state index < -0.39 is 0 Å². The van der Waals surface area contributed by atoms with Crippen molar-refractivity contribution in [3.63, 3.8) is 0 Å². The molecule has 6 heteroatoms. The molecule has 20 heavy (non-hydrogen) atoms. The summed E-state index contributed by atoms with van der Waals surface area (Å²) in [6.45, 7) is 4.97. The SMILES string of the molecule is CCCCN(CC1CCCN1)c1cc([N+](=O)[O-])ccn1. The third-order valence-corrected chi connectivity index (χ3v) is 3.65. The highest BCUT2D eigenvalue weighted by molar-refractivity contribution is 5.46. The van der Waals surface area contributed by atoms with Crippen LogP contribution < -0.4 is 10.2 Å². The van der Waals surface area contributed by atoms with Gasteiger partial charge in [0, 0.05) is 31.4 Å². The van der Waals surface area contributed by atoms with E-state index in [-0.39, 0.29) is 10.6 Å². The lowest BCUT2D eigenvalue weighted by atomic mass is 10.2. The van der Waals surface area contributed by atoms with Crippen LogP contribution in [0.5, 0.6) is 0 Å². The number of pyridine rings is 1. The molecule has 0 saturated carbocycles. The molecule has 0 aliphatic carbocycles. The van der Waals surface area contributed by atoms with Gasteiger partial charge in [-0.15, -0.1) is 0 Å². The van der Waals surface area contributed by atoms with E-state index in [1.807, 2.05) is 0 Å². The largest absolute Gasteiger partial charge is 0.355 e. The topological polar surface area (TPSA) is 71.3 Å². The van der Waals surface area contributed by atoms with Crippen LogP contribution in [0.4, 0.5) is 11.5 Å². The minimum atomic E-state index is -0.364. The van der Waals surface area contributed by atoms with E-state index in [1.54, 1.807) is 6.07 Å². The van der Waals surface area contributed by atoms with Crippen molar-refractivity contribution in [3.05, 3.63) is 28.4 Å². The van der Waals surface area contributed by atoms with Gasteiger partial charge in [-0.1, -0.05) is 13.3 Å². The monoisotopic (exact) mass is 278 g/mol. The second kappa shape index (κ2) is 7.19. The van der Waals surface area contributed by atoms with Crippen molar-refractivity contribution in [2.45, 2.75) is 38.6 Å². The number of aromatic nitrogens is 1. The number of hydrogen-bond acceptors (Lipinski definition) is 5. The Balaban J connectivity index is 2.11. The van der Waals surface area contributed by atoms with Crippen LogP contribution in [0.1, 0.15) is 32.6 Å². The van der Waals surface area contributed by atoms with Gasteiger partial charge in [0.15, 0.2) is 0 Å². The Morgan fingerprint density at radius 2 is 2.45 bits per heavy atom. The van der Waals surface area contributed by atoms with Crippen molar-refractivity contribution in [1.29, 1.82) is 0 Å². The molecule has 1 aliphatic rings. The zero-order valence-corrected chi connectivity index (χ0v) is 11.9. The Hall–Kier alpha value is -1.69. The second-order valence-corrected chi connectivity index (χ2v) is 5.22. The quantitative estimate of drug-likeness (QED) is 0.612. The van der Waals surface area contributed by atoms with Crippen molar-refractivity contribution in [3.8, 4) is 0 Å². The average Bonchev–Trinajstić information content (AvgIpc) is 2.96. The zero-order chi connectivity index (χ0) is 14.4. The summed E-state index contributed by atoms with van der Waals surface area (Å²) in [5.74, 6) is 0.710. The van der Waals surface area contributed by atoms with E-state index in [0.29, 0.717) is 11.9 Å². The number of hydrogen-bond donors (Lipinski definition) is 1. The molecule has 1 fully saturated rings. The molecule has 0 spiro atoms. The Labute approximate surface area is 119 Å². The molecule has 0 aromatic carbocycles. The molecule has 0 bridgehead atoms. The Bertz CT molecular complexity index is 447. The Kier molecular flexibility index (Phi) is 5.29. The van der Waals surface area contributed by atoms with Crippen molar-refractivity contribution < 1.29 is 4.92 Å². The van der Waals surface area contributed by atoms with Crippen molar-refractivity contribution >= 4 is 11.5 Å². The molecular weight excluding hydrogens is 256 g/mol. The fourth-order valence-electron chi connectivity index (χ4n) is 2.52.